The number of nitrogens with zero attached hydrogens (tertiary/aromatic N) is 1. The highest BCUT2D eigenvalue weighted by Crippen LogP contribution is 2.27. The normalized spacial score (nSPS) is 25.7. The van der Waals surface area contributed by atoms with Crippen LogP contribution in [0.25, 0.3) is 0 Å². The van der Waals surface area contributed by atoms with Crippen molar-refractivity contribution in [2.45, 2.75) is 59.8 Å². The first-order valence-electron chi connectivity index (χ1n) is 7.69. The first kappa shape index (κ1) is 15.7. The van der Waals surface area contributed by atoms with E-state index >= 15 is 0 Å². The molecular formula is C16H31NO. The fourth-order valence-electron chi connectivity index (χ4n) is 3.26. The summed E-state index contributed by atoms with van der Waals surface area (Å²) in [6, 6.07) is 0. The van der Waals surface area contributed by atoms with Crippen molar-refractivity contribution in [1.82, 2.24) is 4.90 Å². The third-order valence-corrected chi connectivity index (χ3v) is 4.50. The molecule has 1 aliphatic rings. The average Bonchev–Trinajstić information content (AvgIpc) is 2.55. The smallest absolute Gasteiger partial charge is 0.127 e. The van der Waals surface area contributed by atoms with Gasteiger partial charge in [0.15, 0.2) is 0 Å². The van der Waals surface area contributed by atoms with Gasteiger partial charge in [0.2, 0.25) is 0 Å². The summed E-state index contributed by atoms with van der Waals surface area (Å²) in [4.78, 5) is 13.8. The summed E-state index contributed by atoms with van der Waals surface area (Å²) in [7, 11) is 0. The van der Waals surface area contributed by atoms with Gasteiger partial charge in [0.1, 0.15) is 6.29 Å². The molecule has 0 aromatic heterocycles. The average molecular weight is 253 g/mol. The monoisotopic (exact) mass is 253 g/mol. The zero-order chi connectivity index (χ0) is 13.6. The summed E-state index contributed by atoms with van der Waals surface area (Å²) in [6.45, 7) is 12.3. The topological polar surface area (TPSA) is 20.3 Å². The largest absolute Gasteiger partial charge is 0.303 e. The van der Waals surface area contributed by atoms with Gasteiger partial charge < -0.3 is 9.69 Å². The summed E-state index contributed by atoms with van der Waals surface area (Å²) in [5, 5.41) is 0. The standard InChI is InChI=1S/C16H31NO/c1-5-9-16(4,13-18)12-17-10-6-7-15(8-11-17)14(2)3/h13-15H,5-12H2,1-4H3. The summed E-state index contributed by atoms with van der Waals surface area (Å²) in [6.07, 6.45) is 7.25. The highest BCUT2D eigenvalue weighted by Gasteiger charge is 2.27. The number of carbonyl (C=O) groups is 1. The summed E-state index contributed by atoms with van der Waals surface area (Å²) in [5.41, 5.74) is -0.133. The van der Waals surface area contributed by atoms with Gasteiger partial charge in [-0.1, -0.05) is 34.1 Å². The predicted octanol–water partition coefficient (Wildman–Crippen LogP) is 3.75. The first-order valence-corrected chi connectivity index (χ1v) is 7.69. The van der Waals surface area contributed by atoms with Crippen LogP contribution >= 0.6 is 0 Å². The number of likely N-dealkylation sites (tertiary alicyclic amines) is 1. The predicted molar refractivity (Wildman–Crippen MR) is 77.7 cm³/mol. The molecule has 0 amide bonds. The molecule has 2 atom stereocenters. The second kappa shape index (κ2) is 7.28. The van der Waals surface area contributed by atoms with E-state index in [0.29, 0.717) is 0 Å². The van der Waals surface area contributed by atoms with Crippen molar-refractivity contribution in [3.05, 3.63) is 0 Å². The van der Waals surface area contributed by atoms with Gasteiger partial charge in [0, 0.05) is 12.0 Å². The molecule has 0 spiro atoms. The zero-order valence-corrected chi connectivity index (χ0v) is 12.7. The molecule has 18 heavy (non-hydrogen) atoms. The van der Waals surface area contributed by atoms with E-state index in [4.69, 9.17) is 0 Å². The maximum Gasteiger partial charge on any atom is 0.127 e. The highest BCUT2D eigenvalue weighted by molar-refractivity contribution is 5.58. The van der Waals surface area contributed by atoms with Gasteiger partial charge in [-0.3, -0.25) is 0 Å². The van der Waals surface area contributed by atoms with Crippen LogP contribution in [0.4, 0.5) is 0 Å². The minimum absolute atomic E-state index is 0.133. The van der Waals surface area contributed by atoms with Gasteiger partial charge in [-0.25, -0.2) is 0 Å². The molecule has 0 N–H and O–H groups in total. The van der Waals surface area contributed by atoms with E-state index in [1.54, 1.807) is 0 Å². The van der Waals surface area contributed by atoms with Crippen LogP contribution < -0.4 is 0 Å². The van der Waals surface area contributed by atoms with Gasteiger partial charge >= 0.3 is 0 Å². The fraction of sp³-hybridized carbons (Fsp3) is 0.938. The molecule has 2 heteroatoms. The molecule has 0 bridgehead atoms. The quantitative estimate of drug-likeness (QED) is 0.672. The molecule has 1 fully saturated rings. The molecule has 0 aliphatic carbocycles. The minimum Gasteiger partial charge on any atom is -0.303 e. The van der Waals surface area contributed by atoms with E-state index in [9.17, 15) is 4.79 Å². The third-order valence-electron chi connectivity index (χ3n) is 4.50. The van der Waals surface area contributed by atoms with Crippen LogP contribution in [0.15, 0.2) is 0 Å². The Hall–Kier alpha value is -0.370. The summed E-state index contributed by atoms with van der Waals surface area (Å²) in [5.74, 6) is 1.68. The van der Waals surface area contributed by atoms with Crippen LogP contribution in [0.3, 0.4) is 0 Å². The van der Waals surface area contributed by atoms with E-state index in [-0.39, 0.29) is 5.41 Å². The Morgan fingerprint density at radius 2 is 2.06 bits per heavy atom. The molecule has 0 saturated carbocycles. The summed E-state index contributed by atoms with van der Waals surface area (Å²) >= 11 is 0. The maximum absolute atomic E-state index is 11.3. The Bertz CT molecular complexity index is 251. The molecule has 1 aliphatic heterocycles. The molecular weight excluding hydrogens is 222 g/mol. The molecule has 0 aromatic rings. The van der Waals surface area contributed by atoms with E-state index < -0.39 is 0 Å². The van der Waals surface area contributed by atoms with Crippen molar-refractivity contribution in [1.29, 1.82) is 0 Å². The molecule has 1 rings (SSSR count). The van der Waals surface area contributed by atoms with E-state index in [1.807, 2.05) is 0 Å². The fourth-order valence-corrected chi connectivity index (χ4v) is 3.26. The lowest BCUT2D eigenvalue weighted by molar-refractivity contribution is -0.116. The molecule has 1 saturated heterocycles. The molecule has 106 valence electrons. The highest BCUT2D eigenvalue weighted by atomic mass is 16.1. The molecule has 2 unspecified atom stereocenters. The third kappa shape index (κ3) is 4.72. The Labute approximate surface area is 113 Å². The lowest BCUT2D eigenvalue weighted by atomic mass is 9.86. The van der Waals surface area contributed by atoms with Crippen molar-refractivity contribution in [2.24, 2.45) is 17.3 Å². The summed E-state index contributed by atoms with van der Waals surface area (Å²) < 4.78 is 0. The number of hydrogen-bond acceptors (Lipinski definition) is 2. The second-order valence-electron chi connectivity index (χ2n) is 6.73. The van der Waals surface area contributed by atoms with Crippen molar-refractivity contribution in [3.8, 4) is 0 Å². The molecule has 0 radical (unpaired) electrons. The second-order valence-corrected chi connectivity index (χ2v) is 6.73. The van der Waals surface area contributed by atoms with Crippen LogP contribution in [-0.4, -0.2) is 30.8 Å². The Kier molecular flexibility index (Phi) is 6.34. The molecule has 1 heterocycles. The van der Waals surface area contributed by atoms with Crippen molar-refractivity contribution in [2.75, 3.05) is 19.6 Å². The van der Waals surface area contributed by atoms with Gasteiger partial charge in [-0.05, 0) is 50.6 Å². The van der Waals surface area contributed by atoms with Crippen molar-refractivity contribution < 1.29 is 4.79 Å². The van der Waals surface area contributed by atoms with Gasteiger partial charge in [0.05, 0.1) is 0 Å². The van der Waals surface area contributed by atoms with Crippen molar-refractivity contribution >= 4 is 6.29 Å². The Morgan fingerprint density at radius 1 is 1.33 bits per heavy atom. The maximum atomic E-state index is 11.3. The minimum atomic E-state index is -0.133. The molecule has 0 aromatic carbocycles. The Balaban J connectivity index is 2.50. The van der Waals surface area contributed by atoms with Crippen LogP contribution in [-0.2, 0) is 4.79 Å². The van der Waals surface area contributed by atoms with Crippen LogP contribution in [0.5, 0.6) is 0 Å². The van der Waals surface area contributed by atoms with E-state index in [2.05, 4.69) is 32.6 Å². The van der Waals surface area contributed by atoms with Crippen LogP contribution in [0, 0.1) is 17.3 Å². The van der Waals surface area contributed by atoms with Gasteiger partial charge in [-0.15, -0.1) is 0 Å². The number of rotatable bonds is 6. The van der Waals surface area contributed by atoms with Gasteiger partial charge in [0.25, 0.3) is 0 Å². The number of carbonyl (C=O) groups excluding carboxylic acids is 1. The van der Waals surface area contributed by atoms with E-state index in [0.717, 1.165) is 31.2 Å². The van der Waals surface area contributed by atoms with Crippen LogP contribution in [0.2, 0.25) is 0 Å². The SMILES string of the molecule is CCCC(C)(C=O)CN1CCCC(C(C)C)CC1. The first-order chi connectivity index (χ1) is 8.50. The lowest BCUT2D eigenvalue weighted by Crippen LogP contribution is -2.37. The number of aldehydes is 1. The van der Waals surface area contributed by atoms with Crippen molar-refractivity contribution in [3.63, 3.8) is 0 Å². The Morgan fingerprint density at radius 3 is 2.61 bits per heavy atom. The van der Waals surface area contributed by atoms with E-state index in [1.165, 1.54) is 38.6 Å². The zero-order valence-electron chi connectivity index (χ0n) is 12.7. The molecule has 2 nitrogen and oxygen atoms in total. The van der Waals surface area contributed by atoms with Gasteiger partial charge in [-0.2, -0.15) is 0 Å². The lowest BCUT2D eigenvalue weighted by Gasteiger charge is -2.30. The number of hydrogen-bond donors (Lipinski definition) is 0. The van der Waals surface area contributed by atoms with Crippen LogP contribution in [0.1, 0.15) is 59.8 Å².